The van der Waals surface area contributed by atoms with Crippen LogP contribution in [0.1, 0.15) is 20.8 Å². The maximum absolute atomic E-state index is 13.1. The van der Waals surface area contributed by atoms with Crippen molar-refractivity contribution in [3.05, 3.63) is 11.9 Å². The molecular formula is C10H18FO6P. The van der Waals surface area contributed by atoms with Crippen LogP contribution in [0, 0.1) is 0 Å². The largest absolute Gasteiger partial charge is 0.475 e. The molecule has 0 bridgehead atoms. The maximum Gasteiger partial charge on any atom is 0.475 e. The summed E-state index contributed by atoms with van der Waals surface area (Å²) < 4.78 is 43.6. The Kier molecular flexibility index (Phi) is 8.83. The van der Waals surface area contributed by atoms with Gasteiger partial charge in [0, 0.05) is 0 Å². The first-order valence-corrected chi connectivity index (χ1v) is 7.01. The standard InChI is InChI=1S/C10H18FO6P/c1-4-14-10(12)9(11)7-8-17-18(13,15-5-2)16-6-3/h7H,4-6,8H2,1-3H3/b9-7-. The Bertz CT molecular complexity index is 320. The summed E-state index contributed by atoms with van der Waals surface area (Å²) in [5.41, 5.74) is 0. The number of ether oxygens (including phenoxy) is 1. The number of hydrogen-bond donors (Lipinski definition) is 0. The molecule has 0 aromatic rings. The highest BCUT2D eigenvalue weighted by Gasteiger charge is 2.24. The number of rotatable bonds is 9. The molecule has 0 amide bonds. The molecule has 106 valence electrons. The third-order valence-corrected chi connectivity index (χ3v) is 3.15. The summed E-state index contributed by atoms with van der Waals surface area (Å²) in [7, 11) is -3.68. The van der Waals surface area contributed by atoms with Gasteiger partial charge >= 0.3 is 13.8 Å². The van der Waals surface area contributed by atoms with Gasteiger partial charge in [-0.05, 0) is 26.8 Å². The van der Waals surface area contributed by atoms with Crippen LogP contribution in [0.25, 0.3) is 0 Å². The molecule has 0 heterocycles. The van der Waals surface area contributed by atoms with E-state index >= 15 is 0 Å². The molecule has 18 heavy (non-hydrogen) atoms. The van der Waals surface area contributed by atoms with Gasteiger partial charge in [0.05, 0.1) is 26.4 Å². The number of phosphoric ester groups is 1. The minimum atomic E-state index is -3.68. The van der Waals surface area contributed by atoms with E-state index in [9.17, 15) is 13.8 Å². The highest BCUT2D eigenvalue weighted by molar-refractivity contribution is 7.48. The van der Waals surface area contributed by atoms with Crippen LogP contribution in [0.4, 0.5) is 4.39 Å². The van der Waals surface area contributed by atoms with Crippen molar-refractivity contribution in [2.24, 2.45) is 0 Å². The van der Waals surface area contributed by atoms with E-state index in [1.807, 2.05) is 0 Å². The average Bonchev–Trinajstić information content (AvgIpc) is 2.29. The van der Waals surface area contributed by atoms with E-state index < -0.39 is 26.2 Å². The lowest BCUT2D eigenvalue weighted by Crippen LogP contribution is -2.06. The van der Waals surface area contributed by atoms with Gasteiger partial charge in [0.25, 0.3) is 0 Å². The van der Waals surface area contributed by atoms with Crippen molar-refractivity contribution in [2.45, 2.75) is 20.8 Å². The Hall–Kier alpha value is -0.750. The summed E-state index contributed by atoms with van der Waals surface area (Å²) in [4.78, 5) is 10.9. The van der Waals surface area contributed by atoms with E-state index in [0.29, 0.717) is 0 Å². The molecule has 0 aliphatic heterocycles. The first kappa shape index (κ1) is 17.2. The van der Waals surface area contributed by atoms with E-state index in [-0.39, 0.29) is 19.8 Å². The Morgan fingerprint density at radius 3 is 2.11 bits per heavy atom. The molecule has 8 heteroatoms. The summed E-state index contributed by atoms with van der Waals surface area (Å²) in [6.45, 7) is 4.69. The minimum Gasteiger partial charge on any atom is -0.461 e. The minimum absolute atomic E-state index is 0.0668. The second-order valence-corrected chi connectivity index (χ2v) is 4.52. The summed E-state index contributed by atoms with van der Waals surface area (Å²) in [6, 6.07) is 0. The van der Waals surface area contributed by atoms with Crippen molar-refractivity contribution in [2.75, 3.05) is 26.4 Å². The lowest BCUT2D eigenvalue weighted by atomic mass is 10.5. The number of esters is 1. The number of carbonyl (C=O) groups is 1. The Balaban J connectivity index is 4.32. The maximum atomic E-state index is 13.1. The third-order valence-electron chi connectivity index (χ3n) is 1.54. The Labute approximate surface area is 106 Å². The molecule has 0 fully saturated rings. The van der Waals surface area contributed by atoms with Crippen molar-refractivity contribution < 1.29 is 32.1 Å². The van der Waals surface area contributed by atoms with Gasteiger partial charge in [-0.1, -0.05) is 0 Å². The predicted octanol–water partition coefficient (Wildman–Crippen LogP) is 2.60. The van der Waals surface area contributed by atoms with Crippen LogP contribution in [-0.4, -0.2) is 32.4 Å². The topological polar surface area (TPSA) is 71.1 Å². The molecule has 0 N–H and O–H groups in total. The van der Waals surface area contributed by atoms with Gasteiger partial charge in [0.1, 0.15) is 0 Å². The van der Waals surface area contributed by atoms with Crippen LogP contribution in [0.3, 0.4) is 0 Å². The number of carbonyl (C=O) groups excluding carboxylic acids is 1. The monoisotopic (exact) mass is 284 g/mol. The van der Waals surface area contributed by atoms with Crippen molar-refractivity contribution in [3.63, 3.8) is 0 Å². The molecule has 0 saturated heterocycles. The molecule has 0 radical (unpaired) electrons. The van der Waals surface area contributed by atoms with Gasteiger partial charge in [-0.3, -0.25) is 13.6 Å². The van der Waals surface area contributed by atoms with Crippen LogP contribution < -0.4 is 0 Å². The number of phosphoric acid groups is 1. The zero-order valence-electron chi connectivity index (χ0n) is 10.7. The van der Waals surface area contributed by atoms with Gasteiger partial charge in [-0.15, -0.1) is 0 Å². The third kappa shape index (κ3) is 6.86. The van der Waals surface area contributed by atoms with Crippen molar-refractivity contribution >= 4 is 13.8 Å². The predicted molar refractivity (Wildman–Crippen MR) is 62.6 cm³/mol. The van der Waals surface area contributed by atoms with Gasteiger partial charge < -0.3 is 4.74 Å². The van der Waals surface area contributed by atoms with Crippen molar-refractivity contribution in [3.8, 4) is 0 Å². The molecule has 0 aromatic heterocycles. The van der Waals surface area contributed by atoms with Crippen LogP contribution in [-0.2, 0) is 27.7 Å². The molecule has 0 rings (SSSR count). The fraction of sp³-hybridized carbons (Fsp3) is 0.700. The Morgan fingerprint density at radius 1 is 1.11 bits per heavy atom. The van der Waals surface area contributed by atoms with Crippen LogP contribution >= 0.6 is 7.82 Å². The van der Waals surface area contributed by atoms with Gasteiger partial charge in [-0.2, -0.15) is 4.39 Å². The first-order valence-electron chi connectivity index (χ1n) is 5.55. The SMILES string of the molecule is CCOC(=O)/C(F)=C/COP(=O)(OCC)OCC. The van der Waals surface area contributed by atoms with E-state index in [1.54, 1.807) is 20.8 Å². The lowest BCUT2D eigenvalue weighted by Gasteiger charge is -2.15. The van der Waals surface area contributed by atoms with Gasteiger partial charge in [0.2, 0.25) is 5.83 Å². The van der Waals surface area contributed by atoms with Crippen molar-refractivity contribution in [1.29, 1.82) is 0 Å². The van der Waals surface area contributed by atoms with Crippen LogP contribution in [0.5, 0.6) is 0 Å². The second-order valence-electron chi connectivity index (χ2n) is 2.85. The van der Waals surface area contributed by atoms with Crippen LogP contribution in [0.2, 0.25) is 0 Å². The zero-order valence-corrected chi connectivity index (χ0v) is 11.6. The molecule has 0 atom stereocenters. The first-order chi connectivity index (χ1) is 8.49. The summed E-state index contributed by atoms with van der Waals surface area (Å²) in [5.74, 6) is -2.21. The van der Waals surface area contributed by atoms with Gasteiger partial charge in [0.15, 0.2) is 0 Å². The van der Waals surface area contributed by atoms with E-state index in [4.69, 9.17) is 13.6 Å². The molecule has 0 unspecified atom stereocenters. The highest BCUT2D eigenvalue weighted by Crippen LogP contribution is 2.49. The Morgan fingerprint density at radius 2 is 1.67 bits per heavy atom. The van der Waals surface area contributed by atoms with Crippen LogP contribution in [0.15, 0.2) is 11.9 Å². The molecular weight excluding hydrogens is 266 g/mol. The van der Waals surface area contributed by atoms with Crippen molar-refractivity contribution in [1.82, 2.24) is 0 Å². The average molecular weight is 284 g/mol. The smallest absolute Gasteiger partial charge is 0.461 e. The van der Waals surface area contributed by atoms with Gasteiger partial charge in [-0.25, -0.2) is 9.36 Å². The lowest BCUT2D eigenvalue weighted by molar-refractivity contribution is -0.140. The molecule has 0 aromatic carbocycles. The normalized spacial score (nSPS) is 12.6. The summed E-state index contributed by atoms with van der Waals surface area (Å²) in [5, 5.41) is 0. The summed E-state index contributed by atoms with van der Waals surface area (Å²) >= 11 is 0. The molecule has 0 saturated carbocycles. The number of hydrogen-bond acceptors (Lipinski definition) is 6. The zero-order chi connectivity index (χ0) is 14.0. The summed E-state index contributed by atoms with van der Waals surface area (Å²) in [6.07, 6.45) is 0.808. The second kappa shape index (κ2) is 9.22. The quantitative estimate of drug-likeness (QED) is 0.368. The molecule has 0 spiro atoms. The highest BCUT2D eigenvalue weighted by atomic mass is 31.2. The van der Waals surface area contributed by atoms with E-state index in [0.717, 1.165) is 6.08 Å². The number of halogens is 1. The molecule has 6 nitrogen and oxygen atoms in total. The fourth-order valence-corrected chi connectivity index (χ4v) is 2.03. The van der Waals surface area contributed by atoms with E-state index in [2.05, 4.69) is 4.74 Å². The molecule has 0 aliphatic rings. The molecule has 0 aliphatic carbocycles. The fourth-order valence-electron chi connectivity index (χ4n) is 0.913. The van der Waals surface area contributed by atoms with E-state index in [1.165, 1.54) is 0 Å².